The number of carbonyl (C=O) groups excluding carboxylic acids is 1. The van der Waals surface area contributed by atoms with E-state index < -0.39 is 22.7 Å². The third kappa shape index (κ3) is 3.67. The van der Waals surface area contributed by atoms with Crippen molar-refractivity contribution in [3.8, 4) is 0 Å². The van der Waals surface area contributed by atoms with Gasteiger partial charge in [-0.1, -0.05) is 30.3 Å². The second-order valence-electron chi connectivity index (χ2n) is 3.39. The summed E-state index contributed by atoms with van der Waals surface area (Å²) in [6.07, 6.45) is -0.748. The minimum Gasteiger partial charge on any atom is -0.464 e. The standard InChI is InChI=1S/C12H13NO5/c1-2-18-12(15)11(14)10(13(16)17)8-9-6-4-3-5-7-9/h3-8,11,14H,2H2,1H3/b10-8+/t11-/m0/s1. The molecule has 0 aliphatic carbocycles. The van der Waals surface area contributed by atoms with E-state index in [0.29, 0.717) is 5.56 Å². The molecule has 96 valence electrons. The van der Waals surface area contributed by atoms with E-state index in [4.69, 9.17) is 0 Å². The highest BCUT2D eigenvalue weighted by Crippen LogP contribution is 2.12. The van der Waals surface area contributed by atoms with E-state index in [1.54, 1.807) is 37.3 Å². The lowest BCUT2D eigenvalue weighted by Gasteiger charge is -2.07. The topological polar surface area (TPSA) is 89.7 Å². The van der Waals surface area contributed by atoms with Crippen molar-refractivity contribution in [1.82, 2.24) is 0 Å². The molecule has 0 unspecified atom stereocenters. The molecule has 0 aliphatic rings. The molecule has 0 aromatic heterocycles. The van der Waals surface area contributed by atoms with E-state index in [2.05, 4.69) is 4.74 Å². The average molecular weight is 251 g/mol. The van der Waals surface area contributed by atoms with Crippen LogP contribution in [-0.2, 0) is 9.53 Å². The monoisotopic (exact) mass is 251 g/mol. The molecule has 0 saturated heterocycles. The van der Waals surface area contributed by atoms with Gasteiger partial charge in [-0.3, -0.25) is 10.1 Å². The van der Waals surface area contributed by atoms with E-state index in [9.17, 15) is 20.0 Å². The number of nitro groups is 1. The Morgan fingerprint density at radius 2 is 2.11 bits per heavy atom. The average Bonchev–Trinajstić information content (AvgIpc) is 2.36. The van der Waals surface area contributed by atoms with Crippen molar-refractivity contribution in [3.05, 3.63) is 51.7 Å². The Bertz CT molecular complexity index is 455. The van der Waals surface area contributed by atoms with Crippen LogP contribution in [0.4, 0.5) is 0 Å². The summed E-state index contributed by atoms with van der Waals surface area (Å²) in [5.74, 6) is -1.03. The first-order valence-corrected chi connectivity index (χ1v) is 5.32. The SMILES string of the molecule is CCOC(=O)[C@@H](O)/C(=C\c1ccccc1)[N+](=O)[O-]. The molecular weight excluding hydrogens is 238 g/mol. The van der Waals surface area contributed by atoms with E-state index in [0.717, 1.165) is 6.08 Å². The number of hydrogen-bond donors (Lipinski definition) is 1. The molecule has 1 rings (SSSR count). The summed E-state index contributed by atoms with van der Waals surface area (Å²) >= 11 is 0. The Labute approximate surface area is 104 Å². The number of benzene rings is 1. The van der Waals surface area contributed by atoms with Crippen molar-refractivity contribution in [2.24, 2.45) is 0 Å². The van der Waals surface area contributed by atoms with Gasteiger partial charge in [-0.25, -0.2) is 4.79 Å². The highest BCUT2D eigenvalue weighted by Gasteiger charge is 2.30. The Kier molecular flexibility index (Phi) is 5.01. The van der Waals surface area contributed by atoms with Crippen LogP contribution in [0.3, 0.4) is 0 Å². The predicted molar refractivity (Wildman–Crippen MR) is 64.1 cm³/mol. The van der Waals surface area contributed by atoms with E-state index >= 15 is 0 Å². The number of carbonyl (C=O) groups is 1. The van der Waals surface area contributed by atoms with Gasteiger partial charge in [0.15, 0.2) is 0 Å². The first-order valence-electron chi connectivity index (χ1n) is 5.32. The highest BCUT2D eigenvalue weighted by atomic mass is 16.6. The van der Waals surface area contributed by atoms with Gasteiger partial charge in [0.2, 0.25) is 6.10 Å². The Hall–Kier alpha value is -2.21. The molecule has 0 spiro atoms. The Balaban J connectivity index is 3.00. The normalized spacial score (nSPS) is 12.9. The maximum Gasteiger partial charge on any atom is 0.346 e. The summed E-state index contributed by atoms with van der Waals surface area (Å²) in [7, 11) is 0. The summed E-state index contributed by atoms with van der Waals surface area (Å²) in [5.41, 5.74) is -0.0906. The van der Waals surface area contributed by atoms with Crippen molar-refractivity contribution < 1.29 is 19.6 Å². The minimum atomic E-state index is -1.89. The van der Waals surface area contributed by atoms with E-state index in [1.807, 2.05) is 0 Å². The quantitative estimate of drug-likeness (QED) is 0.483. The fraction of sp³-hybridized carbons (Fsp3) is 0.250. The molecule has 0 amide bonds. The lowest BCUT2D eigenvalue weighted by atomic mass is 10.1. The van der Waals surface area contributed by atoms with Crippen LogP contribution in [0.1, 0.15) is 12.5 Å². The second kappa shape index (κ2) is 6.51. The van der Waals surface area contributed by atoms with Crippen LogP contribution in [0.25, 0.3) is 6.08 Å². The van der Waals surface area contributed by atoms with Crippen LogP contribution in [0.15, 0.2) is 36.0 Å². The second-order valence-corrected chi connectivity index (χ2v) is 3.39. The maximum atomic E-state index is 11.3. The summed E-state index contributed by atoms with van der Waals surface area (Å²) in [6, 6.07) is 8.40. The highest BCUT2D eigenvalue weighted by molar-refractivity contribution is 5.79. The first kappa shape index (κ1) is 13.9. The minimum absolute atomic E-state index is 0.0478. The van der Waals surface area contributed by atoms with Crippen LogP contribution >= 0.6 is 0 Å². The number of ether oxygens (including phenoxy) is 1. The van der Waals surface area contributed by atoms with Crippen molar-refractivity contribution >= 4 is 12.0 Å². The summed E-state index contributed by atoms with van der Waals surface area (Å²) in [6.45, 7) is 1.60. The van der Waals surface area contributed by atoms with Gasteiger partial charge >= 0.3 is 5.97 Å². The molecule has 18 heavy (non-hydrogen) atoms. The zero-order valence-corrected chi connectivity index (χ0v) is 9.78. The largest absolute Gasteiger partial charge is 0.464 e. The summed E-state index contributed by atoms with van der Waals surface area (Å²) in [4.78, 5) is 21.3. The van der Waals surface area contributed by atoms with Crippen LogP contribution in [0.2, 0.25) is 0 Å². The predicted octanol–water partition coefficient (Wildman–Crippen LogP) is 1.23. The smallest absolute Gasteiger partial charge is 0.346 e. The lowest BCUT2D eigenvalue weighted by molar-refractivity contribution is -0.432. The number of aliphatic hydroxyl groups is 1. The van der Waals surface area contributed by atoms with Crippen LogP contribution in [-0.4, -0.2) is 28.7 Å². The van der Waals surface area contributed by atoms with Gasteiger partial charge in [0.25, 0.3) is 5.70 Å². The van der Waals surface area contributed by atoms with Crippen LogP contribution < -0.4 is 0 Å². The Morgan fingerprint density at radius 3 is 2.61 bits per heavy atom. The van der Waals surface area contributed by atoms with Gasteiger partial charge in [0.05, 0.1) is 11.5 Å². The molecule has 0 fully saturated rings. The zero-order chi connectivity index (χ0) is 13.5. The molecule has 6 nitrogen and oxygen atoms in total. The van der Waals surface area contributed by atoms with Gasteiger partial charge in [-0.2, -0.15) is 0 Å². The van der Waals surface area contributed by atoms with Crippen molar-refractivity contribution in [2.75, 3.05) is 6.61 Å². The van der Waals surface area contributed by atoms with Gasteiger partial charge < -0.3 is 9.84 Å². The summed E-state index contributed by atoms with van der Waals surface area (Å²) < 4.78 is 4.54. The van der Waals surface area contributed by atoms with E-state index in [1.165, 1.54) is 0 Å². The molecule has 0 saturated carbocycles. The van der Waals surface area contributed by atoms with Crippen molar-refractivity contribution in [2.45, 2.75) is 13.0 Å². The third-order valence-electron chi connectivity index (χ3n) is 2.11. The third-order valence-corrected chi connectivity index (χ3v) is 2.11. The molecule has 0 radical (unpaired) electrons. The molecule has 1 N–H and O–H groups in total. The van der Waals surface area contributed by atoms with Gasteiger partial charge in [0, 0.05) is 6.08 Å². The van der Waals surface area contributed by atoms with Gasteiger partial charge in [-0.05, 0) is 12.5 Å². The molecule has 0 heterocycles. The lowest BCUT2D eigenvalue weighted by Crippen LogP contribution is -2.28. The molecule has 1 aromatic carbocycles. The molecular formula is C12H13NO5. The maximum absolute atomic E-state index is 11.3. The van der Waals surface area contributed by atoms with Crippen molar-refractivity contribution in [1.29, 1.82) is 0 Å². The number of hydrogen-bond acceptors (Lipinski definition) is 5. The number of aliphatic hydroxyl groups excluding tert-OH is 1. The van der Waals surface area contributed by atoms with Gasteiger partial charge in [-0.15, -0.1) is 0 Å². The van der Waals surface area contributed by atoms with Crippen LogP contribution in [0.5, 0.6) is 0 Å². The van der Waals surface area contributed by atoms with E-state index in [-0.39, 0.29) is 6.61 Å². The fourth-order valence-electron chi connectivity index (χ4n) is 1.29. The molecule has 0 aliphatic heterocycles. The Morgan fingerprint density at radius 1 is 1.50 bits per heavy atom. The number of rotatable bonds is 5. The number of esters is 1. The molecule has 6 heteroatoms. The molecule has 1 aromatic rings. The van der Waals surface area contributed by atoms with Crippen molar-refractivity contribution in [3.63, 3.8) is 0 Å². The molecule has 0 bridgehead atoms. The fourth-order valence-corrected chi connectivity index (χ4v) is 1.29. The van der Waals surface area contributed by atoms with Gasteiger partial charge in [0.1, 0.15) is 0 Å². The first-order chi connectivity index (χ1) is 8.56. The zero-order valence-electron chi connectivity index (χ0n) is 9.78. The molecule has 1 atom stereocenters. The van der Waals surface area contributed by atoms with Crippen LogP contribution in [0, 0.1) is 10.1 Å². The summed E-state index contributed by atoms with van der Waals surface area (Å²) in [5, 5.41) is 20.4. The number of nitrogens with zero attached hydrogens (tertiary/aromatic N) is 1.